The van der Waals surface area contributed by atoms with Gasteiger partial charge in [0.1, 0.15) is 23.3 Å². The molecule has 14 heteroatoms. The average molecular weight is 848 g/mol. The number of aromatic nitrogens is 4. The van der Waals surface area contributed by atoms with Crippen LogP contribution < -0.4 is 5.32 Å². The molecule has 9 rings (SSSR count). The second-order valence-corrected chi connectivity index (χ2v) is 19.4. The third-order valence-electron chi connectivity index (χ3n) is 13.3. The van der Waals surface area contributed by atoms with Gasteiger partial charge in [0.15, 0.2) is 0 Å². The Morgan fingerprint density at radius 1 is 0.968 bits per heavy atom. The Balaban J connectivity index is 0.948. The predicted molar refractivity (Wildman–Crippen MR) is 231 cm³/mol. The summed E-state index contributed by atoms with van der Waals surface area (Å²) in [5, 5.41) is 2.70. The van der Waals surface area contributed by atoms with Gasteiger partial charge in [0.05, 0.1) is 42.6 Å². The molecular weight excluding hydrogens is 793 g/mol. The summed E-state index contributed by atoms with van der Waals surface area (Å²) in [7, 11) is 1.27. The van der Waals surface area contributed by atoms with E-state index < -0.39 is 23.7 Å². The number of alkyl halides is 2. The maximum atomic E-state index is 16.6. The first-order chi connectivity index (χ1) is 29.4. The number of aromatic amines is 2. The van der Waals surface area contributed by atoms with Crippen molar-refractivity contribution in [3.8, 4) is 33.5 Å². The highest BCUT2D eigenvalue weighted by atomic mass is 19.3. The molecule has 3 amide bonds. The summed E-state index contributed by atoms with van der Waals surface area (Å²) in [5.41, 5.74) is 4.21. The second kappa shape index (κ2) is 15.2. The first-order valence-corrected chi connectivity index (χ1v) is 21.8. The number of amides is 3. The lowest BCUT2D eigenvalue weighted by atomic mass is 9.98. The van der Waals surface area contributed by atoms with Crippen LogP contribution in [0.15, 0.2) is 60.8 Å². The highest BCUT2D eigenvalue weighted by molar-refractivity contribution is 5.88. The fraction of sp³-hybridized carbons (Fsp3) is 0.479. The van der Waals surface area contributed by atoms with Crippen molar-refractivity contribution in [1.29, 1.82) is 0 Å². The highest BCUT2D eigenvalue weighted by Gasteiger charge is 2.55. The summed E-state index contributed by atoms with van der Waals surface area (Å²) >= 11 is 0. The number of nitrogens with zero attached hydrogens (tertiary/aromatic N) is 4. The lowest BCUT2D eigenvalue weighted by molar-refractivity contribution is -0.135. The number of alkyl carbamates (subject to hydrolysis) is 1. The van der Waals surface area contributed by atoms with Gasteiger partial charge in [0.2, 0.25) is 5.91 Å². The molecular formula is C48H55F2N7O5. The molecule has 12 nitrogen and oxygen atoms in total. The van der Waals surface area contributed by atoms with E-state index in [1.807, 2.05) is 69.9 Å². The number of carbonyl (C=O) groups is 3. The number of ether oxygens (including phenoxy) is 2. The molecule has 2 saturated carbocycles. The van der Waals surface area contributed by atoms with Gasteiger partial charge >= 0.3 is 12.2 Å². The standard InChI is InChI=1S/C48H55F2N7O5/c1-26(2)41(55-44(59)61-7)43(58)57-25-47(16-17-47)22-39(57)42-51-23-38(54-42)30-10-14-33-32-13-9-28(19-34(32)48(49,50)35(33)20-30)29-11-15-36-37(21-29)53-40(52-36)24-56(31-12-8-27(3)18-31)45(60)62-46(4,5)6/h9-11,13-15,19-21,23,26-27,31,39,41H,8,12,16-18,22,24-25H2,1-7H3,(H,51,54)(H,52,53)(H,55,59)/t27?,31-,39+,41+/m1/s1. The quantitative estimate of drug-likeness (QED) is 0.134. The van der Waals surface area contributed by atoms with Gasteiger partial charge in [-0.3, -0.25) is 9.69 Å². The Labute approximate surface area is 360 Å². The van der Waals surface area contributed by atoms with E-state index in [9.17, 15) is 14.4 Å². The van der Waals surface area contributed by atoms with Crippen molar-refractivity contribution in [2.75, 3.05) is 13.7 Å². The van der Waals surface area contributed by atoms with Crippen molar-refractivity contribution in [2.24, 2.45) is 17.3 Å². The number of likely N-dealkylation sites (tertiary alicyclic amines) is 1. The minimum absolute atomic E-state index is 0.0200. The SMILES string of the molecule is COC(=O)N[C@H](C(=O)N1CC2(CC2)C[C@H]1c1ncc(-c2ccc3c(c2)C(F)(F)c2cc(-c4ccc5nc(CN(C(=O)OC(C)(C)C)[C@@H]6CCC(C)C6)[nH]c5c4)ccc2-3)[nH]1)C(C)C. The molecule has 3 aliphatic carbocycles. The minimum Gasteiger partial charge on any atom is -0.453 e. The Kier molecular flexibility index (Phi) is 10.2. The van der Waals surface area contributed by atoms with Crippen molar-refractivity contribution in [1.82, 2.24) is 35.1 Å². The first kappa shape index (κ1) is 41.6. The van der Waals surface area contributed by atoms with E-state index in [1.165, 1.54) is 13.2 Å². The first-order valence-electron chi connectivity index (χ1n) is 21.8. The van der Waals surface area contributed by atoms with Gasteiger partial charge in [0.25, 0.3) is 5.92 Å². The maximum absolute atomic E-state index is 16.6. The average Bonchev–Trinajstić information content (AvgIpc) is 3.74. The van der Waals surface area contributed by atoms with Crippen molar-refractivity contribution >= 4 is 29.1 Å². The second-order valence-electron chi connectivity index (χ2n) is 19.4. The lowest BCUT2D eigenvalue weighted by Crippen LogP contribution is -2.51. The Bertz CT molecular complexity index is 2570. The van der Waals surface area contributed by atoms with Crippen LogP contribution in [0.4, 0.5) is 18.4 Å². The zero-order chi connectivity index (χ0) is 43.9. The molecule has 3 N–H and O–H groups in total. The molecule has 1 spiro atoms. The molecule has 3 aromatic carbocycles. The number of methoxy groups -OCH3 is 1. The molecule has 5 aromatic rings. The fourth-order valence-electron chi connectivity index (χ4n) is 9.77. The third kappa shape index (κ3) is 7.70. The number of fused-ring (bicyclic) bond motifs is 4. The van der Waals surface area contributed by atoms with E-state index >= 15 is 8.78 Å². The van der Waals surface area contributed by atoms with Crippen LogP contribution in [-0.4, -0.2) is 79.2 Å². The Hall–Kier alpha value is -5.79. The maximum Gasteiger partial charge on any atom is 0.410 e. The van der Waals surface area contributed by atoms with Crippen molar-refractivity contribution < 1.29 is 32.6 Å². The van der Waals surface area contributed by atoms with Crippen LogP contribution in [-0.2, 0) is 26.7 Å². The highest BCUT2D eigenvalue weighted by Crippen LogP contribution is 2.58. The number of hydrogen-bond acceptors (Lipinski definition) is 7. The number of halogens is 2. The zero-order valence-corrected chi connectivity index (χ0v) is 36.4. The molecule has 62 heavy (non-hydrogen) atoms. The smallest absolute Gasteiger partial charge is 0.410 e. The molecule has 0 bridgehead atoms. The topological polar surface area (TPSA) is 146 Å². The molecule has 1 saturated heterocycles. The van der Waals surface area contributed by atoms with E-state index in [1.54, 1.807) is 29.3 Å². The largest absolute Gasteiger partial charge is 0.453 e. The predicted octanol–water partition coefficient (Wildman–Crippen LogP) is 10.1. The summed E-state index contributed by atoms with van der Waals surface area (Å²) in [6, 6.07) is 14.9. The summed E-state index contributed by atoms with van der Waals surface area (Å²) in [5.74, 6) is -1.90. The van der Waals surface area contributed by atoms with Crippen LogP contribution >= 0.6 is 0 Å². The van der Waals surface area contributed by atoms with Gasteiger partial charge in [-0.15, -0.1) is 0 Å². The zero-order valence-electron chi connectivity index (χ0n) is 36.4. The molecule has 2 aromatic heterocycles. The van der Waals surface area contributed by atoms with Crippen LogP contribution in [0.25, 0.3) is 44.5 Å². The summed E-state index contributed by atoms with van der Waals surface area (Å²) in [4.78, 5) is 59.3. The lowest BCUT2D eigenvalue weighted by Gasteiger charge is -2.31. The number of carbonyl (C=O) groups excluding carboxylic acids is 3. The number of imidazole rings is 2. The Morgan fingerprint density at radius 3 is 2.29 bits per heavy atom. The van der Waals surface area contributed by atoms with Gasteiger partial charge in [-0.1, -0.05) is 51.1 Å². The third-order valence-corrected chi connectivity index (χ3v) is 13.3. The van der Waals surface area contributed by atoms with E-state index in [2.05, 4.69) is 22.2 Å². The van der Waals surface area contributed by atoms with E-state index in [0.29, 0.717) is 52.1 Å². The minimum atomic E-state index is -3.26. The van der Waals surface area contributed by atoms with Crippen molar-refractivity contribution in [3.63, 3.8) is 0 Å². The number of benzene rings is 3. The van der Waals surface area contributed by atoms with Gasteiger partial charge in [0, 0.05) is 29.3 Å². The summed E-state index contributed by atoms with van der Waals surface area (Å²) in [6.45, 7) is 12.4. The molecule has 1 unspecified atom stereocenters. The van der Waals surface area contributed by atoms with Gasteiger partial charge in [-0.05, 0) is 123 Å². The molecule has 0 radical (unpaired) electrons. The fourth-order valence-corrected chi connectivity index (χ4v) is 9.77. The van der Waals surface area contributed by atoms with Gasteiger partial charge < -0.3 is 29.7 Å². The molecule has 1 aliphatic heterocycles. The summed E-state index contributed by atoms with van der Waals surface area (Å²) < 4.78 is 43.8. The van der Waals surface area contributed by atoms with E-state index in [-0.39, 0.29) is 53.1 Å². The molecule has 4 aliphatic rings. The Morgan fingerprint density at radius 2 is 1.65 bits per heavy atom. The number of nitrogens with one attached hydrogen (secondary N) is 3. The molecule has 3 heterocycles. The van der Waals surface area contributed by atoms with Gasteiger partial charge in [-0.2, -0.15) is 8.78 Å². The summed E-state index contributed by atoms with van der Waals surface area (Å²) in [6.07, 6.45) is 6.23. The van der Waals surface area contributed by atoms with E-state index in [0.717, 1.165) is 55.1 Å². The van der Waals surface area contributed by atoms with Crippen LogP contribution in [0.1, 0.15) is 109 Å². The monoisotopic (exact) mass is 847 g/mol. The number of hydrogen-bond donors (Lipinski definition) is 3. The molecule has 3 fully saturated rings. The van der Waals surface area contributed by atoms with Gasteiger partial charge in [-0.25, -0.2) is 19.6 Å². The normalized spacial score (nSPS) is 21.3. The van der Waals surface area contributed by atoms with Crippen LogP contribution in [0, 0.1) is 17.3 Å². The van der Waals surface area contributed by atoms with Crippen LogP contribution in [0.2, 0.25) is 0 Å². The number of H-pyrrole nitrogens is 2. The number of rotatable bonds is 9. The van der Waals surface area contributed by atoms with Crippen molar-refractivity contribution in [2.45, 2.75) is 116 Å². The molecule has 326 valence electrons. The molecule has 4 atom stereocenters. The van der Waals surface area contributed by atoms with E-state index in [4.69, 9.17) is 19.4 Å². The van der Waals surface area contributed by atoms with Crippen molar-refractivity contribution in [3.05, 3.63) is 83.6 Å². The van der Waals surface area contributed by atoms with Crippen LogP contribution in [0.5, 0.6) is 0 Å². The van der Waals surface area contributed by atoms with Crippen LogP contribution in [0.3, 0.4) is 0 Å².